The Morgan fingerprint density at radius 2 is 1.82 bits per heavy atom. The first-order valence-electron chi connectivity index (χ1n) is 8.71. The summed E-state index contributed by atoms with van der Waals surface area (Å²) in [5.41, 5.74) is 7.43. The minimum absolute atomic E-state index is 0.0400. The van der Waals surface area contributed by atoms with Crippen molar-refractivity contribution in [1.82, 2.24) is 4.68 Å². The molecule has 3 aromatic rings. The number of aryl methyl sites for hydroxylation is 2. The molecule has 1 N–H and O–H groups in total. The van der Waals surface area contributed by atoms with E-state index in [1.54, 1.807) is 36.0 Å². The Hall–Kier alpha value is -3.74. The molecule has 0 atom stereocenters. The number of carbonyl (C=O) groups excluding carboxylic acids is 1. The van der Waals surface area contributed by atoms with Gasteiger partial charge in [0.25, 0.3) is 11.6 Å². The summed E-state index contributed by atoms with van der Waals surface area (Å²) >= 11 is 0. The second-order valence-electron chi connectivity index (χ2n) is 6.45. The highest BCUT2D eigenvalue weighted by Gasteiger charge is 2.12. The van der Waals surface area contributed by atoms with Crippen LogP contribution in [-0.2, 0) is 0 Å². The maximum absolute atomic E-state index is 12.4. The van der Waals surface area contributed by atoms with Crippen LogP contribution >= 0.6 is 0 Å². The first-order chi connectivity index (χ1) is 13.4. The van der Waals surface area contributed by atoms with E-state index in [2.05, 4.69) is 10.4 Å². The van der Waals surface area contributed by atoms with Crippen molar-refractivity contribution in [3.63, 3.8) is 0 Å². The zero-order valence-corrected chi connectivity index (χ0v) is 15.8. The van der Waals surface area contributed by atoms with Gasteiger partial charge in [0.15, 0.2) is 0 Å². The van der Waals surface area contributed by atoms with E-state index < -0.39 is 4.92 Å². The number of amides is 1. The molecular formula is C21H20N4O3. The van der Waals surface area contributed by atoms with Gasteiger partial charge in [-0.2, -0.15) is 0 Å². The maximum atomic E-state index is 12.4. The van der Waals surface area contributed by atoms with Gasteiger partial charge in [-0.05, 0) is 50.6 Å². The van der Waals surface area contributed by atoms with E-state index in [9.17, 15) is 14.9 Å². The molecule has 3 rings (SSSR count). The number of benzene rings is 2. The van der Waals surface area contributed by atoms with Crippen LogP contribution in [0.5, 0.6) is 0 Å². The molecular weight excluding hydrogens is 356 g/mol. The predicted molar refractivity (Wildman–Crippen MR) is 109 cm³/mol. The van der Waals surface area contributed by atoms with Gasteiger partial charge in [-0.3, -0.25) is 30.0 Å². The molecule has 0 aliphatic carbocycles. The van der Waals surface area contributed by atoms with Crippen LogP contribution in [0.15, 0.2) is 59.6 Å². The highest BCUT2D eigenvalue weighted by Crippen LogP contribution is 2.24. The number of aromatic nitrogens is 1. The smallest absolute Gasteiger partial charge is 0.267 e. The van der Waals surface area contributed by atoms with E-state index >= 15 is 0 Å². The lowest BCUT2D eigenvalue weighted by Gasteiger charge is -2.11. The number of hydrogen-bond donors (Lipinski definition) is 1. The Balaban J connectivity index is 1.83. The summed E-state index contributed by atoms with van der Waals surface area (Å²) in [5.74, 6) is -0.197. The molecule has 2 aromatic carbocycles. The van der Waals surface area contributed by atoms with E-state index in [0.29, 0.717) is 11.3 Å². The normalized spacial score (nSPS) is 11.0. The van der Waals surface area contributed by atoms with Gasteiger partial charge in [0, 0.05) is 40.9 Å². The maximum Gasteiger partial charge on any atom is 0.270 e. The molecule has 1 amide bonds. The second kappa shape index (κ2) is 7.87. The molecule has 0 unspecified atom stereocenters. The zero-order valence-electron chi connectivity index (χ0n) is 15.8. The van der Waals surface area contributed by atoms with Crippen molar-refractivity contribution in [1.29, 1.82) is 0 Å². The molecule has 142 valence electrons. The number of nitro groups is 1. The average Bonchev–Trinajstić information content (AvgIpc) is 2.95. The van der Waals surface area contributed by atoms with Gasteiger partial charge < -0.3 is 0 Å². The lowest BCUT2D eigenvalue weighted by molar-refractivity contribution is -0.384. The quantitative estimate of drug-likeness (QED) is 0.405. The number of non-ortho nitro benzene ring substituents is 1. The SMILES string of the molecule is Cc1cc([N+](=O)[O-])ccc1N=Cc1cc(C)n(NC(=O)c2ccccc2)c1C. The van der Waals surface area contributed by atoms with Crippen LogP contribution in [-0.4, -0.2) is 21.7 Å². The van der Waals surface area contributed by atoms with Gasteiger partial charge in [0.1, 0.15) is 0 Å². The molecule has 7 nitrogen and oxygen atoms in total. The summed E-state index contributed by atoms with van der Waals surface area (Å²) in [4.78, 5) is 27.3. The van der Waals surface area contributed by atoms with Crippen molar-refractivity contribution in [3.05, 3.63) is 92.8 Å². The highest BCUT2D eigenvalue weighted by molar-refractivity contribution is 6.00. The lowest BCUT2D eigenvalue weighted by Crippen LogP contribution is -2.24. The second-order valence-corrected chi connectivity index (χ2v) is 6.45. The Morgan fingerprint density at radius 1 is 1.11 bits per heavy atom. The van der Waals surface area contributed by atoms with Gasteiger partial charge in [-0.1, -0.05) is 18.2 Å². The number of nitro benzene ring substituents is 1. The van der Waals surface area contributed by atoms with Crippen molar-refractivity contribution in [2.45, 2.75) is 20.8 Å². The fourth-order valence-corrected chi connectivity index (χ4v) is 2.88. The zero-order chi connectivity index (χ0) is 20.3. The summed E-state index contributed by atoms with van der Waals surface area (Å²) in [6.45, 7) is 5.57. The molecule has 0 radical (unpaired) electrons. The van der Waals surface area contributed by atoms with E-state index in [4.69, 9.17) is 0 Å². The van der Waals surface area contributed by atoms with Gasteiger partial charge in [-0.15, -0.1) is 0 Å². The predicted octanol–water partition coefficient (Wildman–Crippen LogP) is 4.46. The fourth-order valence-electron chi connectivity index (χ4n) is 2.88. The van der Waals surface area contributed by atoms with Crippen molar-refractivity contribution in [2.24, 2.45) is 4.99 Å². The van der Waals surface area contributed by atoms with Gasteiger partial charge in [-0.25, -0.2) is 0 Å². The third-order valence-electron chi connectivity index (χ3n) is 4.45. The van der Waals surface area contributed by atoms with Crippen LogP contribution in [0.25, 0.3) is 0 Å². The molecule has 0 aliphatic rings. The molecule has 0 spiro atoms. The molecule has 0 saturated heterocycles. The minimum atomic E-state index is -0.427. The van der Waals surface area contributed by atoms with E-state index in [-0.39, 0.29) is 11.6 Å². The molecule has 0 saturated carbocycles. The molecule has 1 heterocycles. The number of nitrogens with one attached hydrogen (secondary N) is 1. The lowest BCUT2D eigenvalue weighted by atomic mass is 10.2. The Kier molecular flexibility index (Phi) is 5.35. The fraction of sp³-hybridized carbons (Fsp3) is 0.143. The van der Waals surface area contributed by atoms with E-state index in [1.165, 1.54) is 12.1 Å². The molecule has 7 heteroatoms. The number of rotatable bonds is 5. The van der Waals surface area contributed by atoms with Crippen LogP contribution < -0.4 is 5.43 Å². The van der Waals surface area contributed by atoms with Crippen molar-refractivity contribution < 1.29 is 9.72 Å². The summed E-state index contributed by atoms with van der Waals surface area (Å²) in [6.07, 6.45) is 1.70. The average molecular weight is 376 g/mol. The van der Waals surface area contributed by atoms with Gasteiger partial charge in [0.2, 0.25) is 0 Å². The van der Waals surface area contributed by atoms with Crippen molar-refractivity contribution in [3.8, 4) is 0 Å². The van der Waals surface area contributed by atoms with Crippen LogP contribution in [0.2, 0.25) is 0 Å². The minimum Gasteiger partial charge on any atom is -0.267 e. The van der Waals surface area contributed by atoms with E-state index in [0.717, 1.165) is 22.5 Å². The van der Waals surface area contributed by atoms with Crippen LogP contribution in [0.1, 0.15) is 32.9 Å². The van der Waals surface area contributed by atoms with Crippen molar-refractivity contribution in [2.75, 3.05) is 5.43 Å². The topological polar surface area (TPSA) is 89.5 Å². The van der Waals surface area contributed by atoms with E-state index in [1.807, 2.05) is 38.1 Å². The largest absolute Gasteiger partial charge is 0.270 e. The summed E-state index contributed by atoms with van der Waals surface area (Å²) in [6, 6.07) is 15.5. The first-order valence-corrected chi connectivity index (χ1v) is 8.71. The number of hydrogen-bond acceptors (Lipinski definition) is 4. The van der Waals surface area contributed by atoms with Gasteiger partial charge in [0.05, 0.1) is 10.6 Å². The number of aliphatic imine (C=N–C) groups is 1. The third-order valence-corrected chi connectivity index (χ3v) is 4.45. The summed E-state index contributed by atoms with van der Waals surface area (Å²) in [7, 11) is 0. The summed E-state index contributed by atoms with van der Waals surface area (Å²) in [5, 5.41) is 10.8. The Labute approximate surface area is 162 Å². The third kappa shape index (κ3) is 3.98. The standard InChI is InChI=1S/C21H20N4O3/c1-14-11-19(25(27)28)9-10-20(14)22-13-18-12-15(2)24(16(18)3)23-21(26)17-7-5-4-6-8-17/h4-13H,1-3H3,(H,23,26). The Morgan fingerprint density at radius 3 is 2.46 bits per heavy atom. The van der Waals surface area contributed by atoms with Crippen LogP contribution in [0, 0.1) is 30.9 Å². The van der Waals surface area contributed by atoms with Gasteiger partial charge >= 0.3 is 0 Å². The van der Waals surface area contributed by atoms with Crippen LogP contribution in [0.3, 0.4) is 0 Å². The summed E-state index contributed by atoms with van der Waals surface area (Å²) < 4.78 is 1.72. The number of nitrogens with zero attached hydrogens (tertiary/aromatic N) is 3. The van der Waals surface area contributed by atoms with Crippen LogP contribution in [0.4, 0.5) is 11.4 Å². The Bertz CT molecular complexity index is 1070. The number of carbonyl (C=O) groups is 1. The molecule has 0 aliphatic heterocycles. The molecule has 0 bridgehead atoms. The molecule has 1 aromatic heterocycles. The highest BCUT2D eigenvalue weighted by atomic mass is 16.6. The first kappa shape index (κ1) is 19.0. The molecule has 0 fully saturated rings. The van der Waals surface area contributed by atoms with Crippen molar-refractivity contribution >= 4 is 23.5 Å². The monoisotopic (exact) mass is 376 g/mol. The molecule has 28 heavy (non-hydrogen) atoms.